The van der Waals surface area contributed by atoms with Crippen LogP contribution in [0.25, 0.3) is 0 Å². The van der Waals surface area contributed by atoms with Gasteiger partial charge in [-0.25, -0.2) is 0 Å². The lowest BCUT2D eigenvalue weighted by Gasteiger charge is -2.15. The zero-order chi connectivity index (χ0) is 10.3. The van der Waals surface area contributed by atoms with E-state index in [0.29, 0.717) is 5.25 Å². The van der Waals surface area contributed by atoms with Crippen LogP contribution in [0.15, 0.2) is 0 Å². The van der Waals surface area contributed by atoms with E-state index in [9.17, 15) is 0 Å². The van der Waals surface area contributed by atoms with Crippen molar-refractivity contribution in [3.8, 4) is 0 Å². The van der Waals surface area contributed by atoms with Gasteiger partial charge in [-0.2, -0.15) is 16.9 Å². The van der Waals surface area contributed by atoms with Crippen LogP contribution in [-0.4, -0.2) is 22.1 Å². The fourth-order valence-electron chi connectivity index (χ4n) is 2.60. The number of fused-ring (bicyclic) bond motifs is 1. The van der Waals surface area contributed by atoms with Crippen LogP contribution >= 0.6 is 11.8 Å². The van der Waals surface area contributed by atoms with Crippen molar-refractivity contribution in [2.45, 2.75) is 31.1 Å². The Morgan fingerprint density at radius 1 is 1.53 bits per heavy atom. The molecular formula is C11H17N3S. The molecule has 0 bridgehead atoms. The van der Waals surface area contributed by atoms with Crippen LogP contribution < -0.4 is 5.32 Å². The zero-order valence-corrected chi connectivity index (χ0v) is 9.94. The molecule has 0 spiro atoms. The van der Waals surface area contributed by atoms with Gasteiger partial charge in [-0.3, -0.25) is 4.68 Å². The summed E-state index contributed by atoms with van der Waals surface area (Å²) >= 11 is 2.08. The van der Waals surface area contributed by atoms with Crippen LogP contribution in [0.5, 0.6) is 0 Å². The second-order valence-electron chi connectivity index (χ2n) is 4.36. The molecule has 0 amide bonds. The summed E-state index contributed by atoms with van der Waals surface area (Å²) in [6, 6.07) is 0. The Morgan fingerprint density at radius 3 is 3.27 bits per heavy atom. The molecule has 0 saturated carbocycles. The molecule has 0 radical (unpaired) electrons. The van der Waals surface area contributed by atoms with Gasteiger partial charge in [-0.15, -0.1) is 0 Å². The third-order valence-electron chi connectivity index (χ3n) is 3.38. The average Bonchev–Trinajstić information content (AvgIpc) is 2.87. The predicted molar refractivity (Wildman–Crippen MR) is 63.1 cm³/mol. The normalized spacial score (nSPS) is 25.5. The van der Waals surface area contributed by atoms with Gasteiger partial charge in [0.15, 0.2) is 0 Å². The van der Waals surface area contributed by atoms with Gasteiger partial charge in [0.25, 0.3) is 0 Å². The minimum atomic E-state index is 0.667. The number of nitrogens with one attached hydrogen (secondary N) is 1. The van der Waals surface area contributed by atoms with Gasteiger partial charge in [0.1, 0.15) is 0 Å². The van der Waals surface area contributed by atoms with Gasteiger partial charge in [0, 0.05) is 43.1 Å². The monoisotopic (exact) mass is 223 g/mol. The number of hydrogen-bond donors (Lipinski definition) is 1. The highest BCUT2D eigenvalue weighted by molar-refractivity contribution is 7.99. The number of thioether (sulfide) groups is 1. The Hall–Kier alpha value is -0.480. The number of hydrogen-bond acceptors (Lipinski definition) is 3. The van der Waals surface area contributed by atoms with E-state index in [1.54, 1.807) is 0 Å². The summed E-state index contributed by atoms with van der Waals surface area (Å²) in [5.74, 6) is 1.31. The number of rotatable bonds is 1. The van der Waals surface area contributed by atoms with Crippen molar-refractivity contribution in [1.82, 2.24) is 15.1 Å². The molecule has 1 saturated heterocycles. The molecular weight excluding hydrogens is 206 g/mol. The lowest BCUT2D eigenvalue weighted by molar-refractivity contribution is 0.604. The summed E-state index contributed by atoms with van der Waals surface area (Å²) in [7, 11) is 2.09. The zero-order valence-electron chi connectivity index (χ0n) is 9.12. The van der Waals surface area contributed by atoms with E-state index in [4.69, 9.17) is 5.10 Å². The highest BCUT2D eigenvalue weighted by Crippen LogP contribution is 2.41. The van der Waals surface area contributed by atoms with Crippen molar-refractivity contribution >= 4 is 11.8 Å². The van der Waals surface area contributed by atoms with Crippen molar-refractivity contribution in [2.75, 3.05) is 12.3 Å². The molecule has 0 aromatic carbocycles. The highest BCUT2D eigenvalue weighted by atomic mass is 32.2. The largest absolute Gasteiger partial charge is 0.312 e. The summed E-state index contributed by atoms with van der Waals surface area (Å²) < 4.78 is 2.10. The summed E-state index contributed by atoms with van der Waals surface area (Å²) in [4.78, 5) is 0. The lowest BCUT2D eigenvalue weighted by Crippen LogP contribution is -2.24. The molecule has 82 valence electrons. The van der Waals surface area contributed by atoms with Gasteiger partial charge >= 0.3 is 0 Å². The Balaban J connectivity index is 1.99. The van der Waals surface area contributed by atoms with E-state index in [2.05, 4.69) is 28.8 Å². The van der Waals surface area contributed by atoms with E-state index in [1.807, 2.05) is 0 Å². The number of aryl methyl sites for hydroxylation is 1. The van der Waals surface area contributed by atoms with E-state index < -0.39 is 0 Å². The van der Waals surface area contributed by atoms with Crippen LogP contribution in [0.3, 0.4) is 0 Å². The minimum absolute atomic E-state index is 0.667. The number of aromatic nitrogens is 2. The maximum absolute atomic E-state index is 4.73. The van der Waals surface area contributed by atoms with Crippen molar-refractivity contribution in [3.63, 3.8) is 0 Å². The molecule has 1 fully saturated rings. The molecule has 3 nitrogen and oxygen atoms in total. The van der Waals surface area contributed by atoms with Gasteiger partial charge in [-0.1, -0.05) is 0 Å². The maximum atomic E-state index is 4.73. The molecule has 1 aromatic heterocycles. The summed E-state index contributed by atoms with van der Waals surface area (Å²) in [6.07, 6.45) is 3.80. The molecule has 2 aliphatic heterocycles. The third-order valence-corrected chi connectivity index (χ3v) is 4.77. The maximum Gasteiger partial charge on any atom is 0.0802 e. The second kappa shape index (κ2) is 3.83. The molecule has 3 rings (SSSR count). The third kappa shape index (κ3) is 1.60. The van der Waals surface area contributed by atoms with Gasteiger partial charge < -0.3 is 5.32 Å². The SMILES string of the molecule is Cn1nc(C2CCCS2)c2c1CCNC2. The van der Waals surface area contributed by atoms with Crippen molar-refractivity contribution < 1.29 is 0 Å². The van der Waals surface area contributed by atoms with Gasteiger partial charge in [0.2, 0.25) is 0 Å². The average molecular weight is 223 g/mol. The Kier molecular flexibility index (Phi) is 2.48. The fraction of sp³-hybridized carbons (Fsp3) is 0.727. The summed E-state index contributed by atoms with van der Waals surface area (Å²) in [6.45, 7) is 2.12. The molecule has 1 aromatic rings. The molecule has 2 aliphatic rings. The molecule has 1 N–H and O–H groups in total. The molecule has 1 unspecified atom stereocenters. The van der Waals surface area contributed by atoms with Gasteiger partial charge in [-0.05, 0) is 18.6 Å². The molecule has 15 heavy (non-hydrogen) atoms. The van der Waals surface area contributed by atoms with E-state index in [0.717, 1.165) is 19.5 Å². The smallest absolute Gasteiger partial charge is 0.0802 e. The van der Waals surface area contributed by atoms with E-state index >= 15 is 0 Å². The first-order valence-electron chi connectivity index (χ1n) is 5.73. The van der Waals surface area contributed by atoms with Crippen LogP contribution in [0.2, 0.25) is 0 Å². The highest BCUT2D eigenvalue weighted by Gasteiger charge is 2.27. The van der Waals surface area contributed by atoms with Crippen molar-refractivity contribution in [2.24, 2.45) is 7.05 Å². The second-order valence-corrected chi connectivity index (χ2v) is 5.67. The van der Waals surface area contributed by atoms with Crippen molar-refractivity contribution in [1.29, 1.82) is 0 Å². The molecule has 4 heteroatoms. The van der Waals surface area contributed by atoms with E-state index in [-0.39, 0.29) is 0 Å². The first kappa shape index (κ1) is 9.73. The lowest BCUT2D eigenvalue weighted by atomic mass is 10.0. The van der Waals surface area contributed by atoms with Crippen molar-refractivity contribution in [3.05, 3.63) is 17.0 Å². The molecule has 3 heterocycles. The first-order chi connectivity index (χ1) is 7.36. The summed E-state index contributed by atoms with van der Waals surface area (Å²) in [5, 5.41) is 8.85. The molecule has 1 atom stereocenters. The minimum Gasteiger partial charge on any atom is -0.312 e. The topological polar surface area (TPSA) is 29.9 Å². The Labute approximate surface area is 94.6 Å². The Bertz CT molecular complexity index is 366. The van der Waals surface area contributed by atoms with Crippen LogP contribution in [-0.2, 0) is 20.0 Å². The number of nitrogens with zero attached hydrogens (tertiary/aromatic N) is 2. The van der Waals surface area contributed by atoms with Crippen LogP contribution in [0.1, 0.15) is 35.0 Å². The van der Waals surface area contributed by atoms with Gasteiger partial charge in [0.05, 0.1) is 5.69 Å². The van der Waals surface area contributed by atoms with Crippen LogP contribution in [0.4, 0.5) is 0 Å². The predicted octanol–water partition coefficient (Wildman–Crippen LogP) is 1.63. The quantitative estimate of drug-likeness (QED) is 0.785. The standard InChI is InChI=1S/C11H17N3S/c1-14-9-4-5-12-7-8(9)11(13-14)10-3-2-6-15-10/h10,12H,2-7H2,1H3. The fourth-order valence-corrected chi connectivity index (χ4v) is 3.90. The van der Waals surface area contributed by atoms with Crippen LogP contribution in [0, 0.1) is 0 Å². The Morgan fingerprint density at radius 2 is 2.47 bits per heavy atom. The first-order valence-corrected chi connectivity index (χ1v) is 6.78. The molecule has 0 aliphatic carbocycles. The van der Waals surface area contributed by atoms with E-state index in [1.165, 1.54) is 35.5 Å². The summed E-state index contributed by atoms with van der Waals surface area (Å²) in [5.41, 5.74) is 4.31.